The second-order valence-corrected chi connectivity index (χ2v) is 5.79. The van der Waals surface area contributed by atoms with Crippen LogP contribution in [0.1, 0.15) is 25.7 Å². The largest absolute Gasteiger partial charge is 0.301 e. The van der Waals surface area contributed by atoms with E-state index in [4.69, 9.17) is 0 Å². The number of nitrogens with one attached hydrogen (secondary N) is 1. The van der Waals surface area contributed by atoms with Gasteiger partial charge in [-0.1, -0.05) is 12.8 Å². The lowest BCUT2D eigenvalue weighted by Gasteiger charge is -2.07. The summed E-state index contributed by atoms with van der Waals surface area (Å²) in [6, 6.07) is 0. The van der Waals surface area contributed by atoms with Gasteiger partial charge in [0, 0.05) is 16.8 Å². The minimum Gasteiger partial charge on any atom is -0.301 e. The Hall–Kier alpha value is -0.550. The van der Waals surface area contributed by atoms with Crippen LogP contribution in [0.4, 0.5) is 5.13 Å². The van der Waals surface area contributed by atoms with Crippen molar-refractivity contribution in [1.82, 2.24) is 4.98 Å². The Morgan fingerprint density at radius 1 is 1.60 bits per heavy atom. The fraction of sp³-hybridized carbons (Fsp3) is 0.600. The molecule has 1 heterocycles. The van der Waals surface area contributed by atoms with Gasteiger partial charge in [0.2, 0.25) is 5.91 Å². The van der Waals surface area contributed by atoms with Crippen LogP contribution in [0.15, 0.2) is 11.6 Å². The number of hydrogen-bond donors (Lipinski definition) is 1. The molecule has 0 atom stereocenters. The van der Waals surface area contributed by atoms with Crippen molar-refractivity contribution in [2.45, 2.75) is 30.9 Å². The molecule has 1 aliphatic rings. The zero-order chi connectivity index (χ0) is 10.5. The summed E-state index contributed by atoms with van der Waals surface area (Å²) in [7, 11) is 0. The van der Waals surface area contributed by atoms with E-state index >= 15 is 0 Å². The summed E-state index contributed by atoms with van der Waals surface area (Å²) in [5.74, 6) is 0.631. The number of amides is 1. The van der Waals surface area contributed by atoms with Gasteiger partial charge in [-0.2, -0.15) is 0 Å². The first-order valence-corrected chi connectivity index (χ1v) is 7.08. The van der Waals surface area contributed by atoms with Crippen LogP contribution in [0.25, 0.3) is 0 Å². The molecule has 5 heteroatoms. The van der Waals surface area contributed by atoms with Gasteiger partial charge in [0.05, 0.1) is 5.75 Å². The quantitative estimate of drug-likeness (QED) is 0.882. The molecule has 15 heavy (non-hydrogen) atoms. The molecule has 82 valence electrons. The molecular weight excluding hydrogens is 228 g/mol. The number of hydrogen-bond acceptors (Lipinski definition) is 4. The molecule has 1 N–H and O–H groups in total. The lowest BCUT2D eigenvalue weighted by molar-refractivity contribution is -0.113. The fourth-order valence-corrected chi connectivity index (χ4v) is 3.36. The number of aromatic nitrogens is 1. The Morgan fingerprint density at radius 3 is 3.07 bits per heavy atom. The standard InChI is InChI=1S/C10H14N2OS2/c13-9(12-10-11-5-6-14-10)7-15-8-3-1-2-4-8/h5-6,8H,1-4,7H2,(H,11,12,13). The summed E-state index contributed by atoms with van der Waals surface area (Å²) >= 11 is 3.24. The lowest BCUT2D eigenvalue weighted by atomic mass is 10.4. The third-order valence-corrected chi connectivity index (χ3v) is 4.49. The van der Waals surface area contributed by atoms with Crippen molar-refractivity contribution in [2.24, 2.45) is 0 Å². The minimum atomic E-state index is 0.0712. The predicted octanol–water partition coefficient (Wildman–Crippen LogP) is 2.76. The summed E-state index contributed by atoms with van der Waals surface area (Å²) in [5.41, 5.74) is 0. The second kappa shape index (κ2) is 5.51. The lowest BCUT2D eigenvalue weighted by Crippen LogP contribution is -2.15. The molecule has 1 aromatic rings. The summed E-state index contributed by atoms with van der Waals surface area (Å²) in [5, 5.41) is 6.06. The van der Waals surface area contributed by atoms with Crippen LogP contribution in [-0.2, 0) is 4.79 Å². The van der Waals surface area contributed by atoms with Crippen LogP contribution >= 0.6 is 23.1 Å². The number of rotatable bonds is 4. The van der Waals surface area contributed by atoms with Gasteiger partial charge >= 0.3 is 0 Å². The molecule has 1 saturated carbocycles. The highest BCUT2D eigenvalue weighted by Gasteiger charge is 2.16. The maximum atomic E-state index is 11.5. The van der Waals surface area contributed by atoms with E-state index in [1.165, 1.54) is 37.0 Å². The molecule has 1 aromatic heterocycles. The van der Waals surface area contributed by atoms with Crippen molar-refractivity contribution >= 4 is 34.1 Å². The fourth-order valence-electron chi connectivity index (χ4n) is 1.69. The van der Waals surface area contributed by atoms with E-state index in [1.54, 1.807) is 18.0 Å². The Balaban J connectivity index is 1.68. The normalized spacial score (nSPS) is 16.8. The van der Waals surface area contributed by atoms with E-state index < -0.39 is 0 Å². The van der Waals surface area contributed by atoms with Gasteiger partial charge < -0.3 is 5.32 Å². The third-order valence-electron chi connectivity index (χ3n) is 2.43. The molecule has 0 spiro atoms. The van der Waals surface area contributed by atoms with Gasteiger partial charge in [-0.05, 0) is 12.8 Å². The van der Waals surface area contributed by atoms with Crippen LogP contribution < -0.4 is 5.32 Å². The van der Waals surface area contributed by atoms with Crippen LogP contribution in [0.5, 0.6) is 0 Å². The second-order valence-electron chi connectivity index (χ2n) is 3.60. The highest BCUT2D eigenvalue weighted by molar-refractivity contribution is 8.00. The van der Waals surface area contributed by atoms with E-state index in [-0.39, 0.29) is 5.91 Å². The molecule has 1 fully saturated rings. The van der Waals surface area contributed by atoms with Crippen molar-refractivity contribution in [3.05, 3.63) is 11.6 Å². The third kappa shape index (κ3) is 3.50. The smallest absolute Gasteiger partial charge is 0.236 e. The monoisotopic (exact) mass is 242 g/mol. The van der Waals surface area contributed by atoms with Gasteiger partial charge in [0.15, 0.2) is 5.13 Å². The molecule has 1 aliphatic carbocycles. The average molecular weight is 242 g/mol. The summed E-state index contributed by atoms with van der Waals surface area (Å²) in [6.45, 7) is 0. The molecule has 0 aliphatic heterocycles. The molecule has 0 saturated heterocycles. The van der Waals surface area contributed by atoms with Crippen LogP contribution in [0, 0.1) is 0 Å². The van der Waals surface area contributed by atoms with Crippen molar-refractivity contribution in [3.63, 3.8) is 0 Å². The first kappa shape index (κ1) is 11.0. The van der Waals surface area contributed by atoms with Gasteiger partial charge in [-0.25, -0.2) is 4.98 Å². The summed E-state index contributed by atoms with van der Waals surface area (Å²) in [6.07, 6.45) is 6.90. The maximum absolute atomic E-state index is 11.5. The van der Waals surface area contributed by atoms with E-state index in [1.807, 2.05) is 5.38 Å². The number of thiazole rings is 1. The van der Waals surface area contributed by atoms with Crippen LogP contribution in [-0.4, -0.2) is 21.9 Å². The summed E-state index contributed by atoms with van der Waals surface area (Å²) < 4.78 is 0. The molecule has 3 nitrogen and oxygen atoms in total. The SMILES string of the molecule is O=C(CSC1CCCC1)Nc1nccs1. The number of anilines is 1. The Labute approximate surface area is 97.7 Å². The molecule has 1 amide bonds. The Bertz CT molecular complexity index is 307. The van der Waals surface area contributed by atoms with Crippen molar-refractivity contribution < 1.29 is 4.79 Å². The molecule has 0 aromatic carbocycles. The van der Waals surface area contributed by atoms with Gasteiger partial charge in [0.1, 0.15) is 0 Å². The topological polar surface area (TPSA) is 42.0 Å². The van der Waals surface area contributed by atoms with Gasteiger partial charge in [-0.15, -0.1) is 23.1 Å². The highest BCUT2D eigenvalue weighted by atomic mass is 32.2. The number of carbonyl (C=O) groups excluding carboxylic acids is 1. The molecule has 0 unspecified atom stereocenters. The Kier molecular flexibility index (Phi) is 4.02. The molecule has 0 radical (unpaired) electrons. The van der Waals surface area contributed by atoms with Gasteiger partial charge in [0.25, 0.3) is 0 Å². The number of nitrogens with zero attached hydrogens (tertiary/aromatic N) is 1. The van der Waals surface area contributed by atoms with Crippen LogP contribution in [0.2, 0.25) is 0 Å². The van der Waals surface area contributed by atoms with Crippen molar-refractivity contribution in [1.29, 1.82) is 0 Å². The Morgan fingerprint density at radius 2 is 2.40 bits per heavy atom. The first-order valence-electron chi connectivity index (χ1n) is 5.15. The first-order chi connectivity index (χ1) is 7.34. The molecule has 2 rings (SSSR count). The van der Waals surface area contributed by atoms with E-state index in [0.29, 0.717) is 16.1 Å². The predicted molar refractivity (Wildman–Crippen MR) is 65.5 cm³/mol. The summed E-state index contributed by atoms with van der Waals surface area (Å²) in [4.78, 5) is 15.5. The maximum Gasteiger partial charge on any atom is 0.236 e. The number of carbonyl (C=O) groups is 1. The zero-order valence-corrected chi connectivity index (χ0v) is 10.1. The van der Waals surface area contributed by atoms with E-state index in [0.717, 1.165) is 0 Å². The molecule has 0 bridgehead atoms. The van der Waals surface area contributed by atoms with E-state index in [9.17, 15) is 4.79 Å². The van der Waals surface area contributed by atoms with Gasteiger partial charge in [-0.3, -0.25) is 4.79 Å². The molecular formula is C10H14N2OS2. The number of thioether (sulfide) groups is 1. The van der Waals surface area contributed by atoms with Crippen molar-refractivity contribution in [3.8, 4) is 0 Å². The average Bonchev–Trinajstić information content (AvgIpc) is 2.86. The zero-order valence-electron chi connectivity index (χ0n) is 8.44. The van der Waals surface area contributed by atoms with E-state index in [2.05, 4.69) is 10.3 Å². The highest BCUT2D eigenvalue weighted by Crippen LogP contribution is 2.29. The minimum absolute atomic E-state index is 0.0712. The van der Waals surface area contributed by atoms with Crippen molar-refractivity contribution in [2.75, 3.05) is 11.1 Å². The van der Waals surface area contributed by atoms with Crippen LogP contribution in [0.3, 0.4) is 0 Å².